The van der Waals surface area contributed by atoms with E-state index in [4.69, 9.17) is 0 Å². The Balaban J connectivity index is 2.05. The monoisotopic (exact) mass is 220 g/mol. The fraction of sp³-hybridized carbons (Fsp3) is 0.273. The molecule has 1 aliphatic rings. The lowest BCUT2D eigenvalue weighted by molar-refractivity contribution is 0.895. The number of nitrogens with one attached hydrogen (secondary N) is 1. The van der Waals surface area contributed by atoms with Gasteiger partial charge in [0.25, 0.3) is 0 Å². The van der Waals surface area contributed by atoms with E-state index in [9.17, 15) is 0 Å². The Labute approximate surface area is 91.1 Å². The number of fused-ring (bicyclic) bond motifs is 1. The van der Waals surface area contributed by atoms with Crippen LogP contribution in [-0.2, 0) is 0 Å². The number of para-hydroxylation sites is 1. The molecule has 2 heterocycles. The summed E-state index contributed by atoms with van der Waals surface area (Å²) in [4.78, 5) is 3.45. The predicted octanol–water partition coefficient (Wildman–Crippen LogP) is 3.79. The van der Waals surface area contributed by atoms with E-state index in [0.29, 0.717) is 5.25 Å². The first kappa shape index (κ1) is 8.74. The summed E-state index contributed by atoms with van der Waals surface area (Å²) in [5.41, 5.74) is 2.47. The second-order valence-electron chi connectivity index (χ2n) is 3.40. The molecule has 1 aliphatic heterocycles. The van der Waals surface area contributed by atoms with Gasteiger partial charge in [0.1, 0.15) is 0 Å². The number of hydrogen-bond acceptors (Lipinski definition) is 2. The normalized spacial score (nSPS) is 21.9. The van der Waals surface area contributed by atoms with Crippen LogP contribution in [0.4, 0.5) is 0 Å². The standard InChI is InChI=1S/C11H10NS2/c1-2-4-9-8(3-1)7-10(12-9)11-5-6-13-14-11/h1-4,11-12H,5-6H2. The van der Waals surface area contributed by atoms with Gasteiger partial charge in [-0.3, -0.25) is 0 Å². The summed E-state index contributed by atoms with van der Waals surface area (Å²) in [5.74, 6) is 1.26. The van der Waals surface area contributed by atoms with Crippen LogP contribution in [0.15, 0.2) is 24.3 Å². The lowest BCUT2D eigenvalue weighted by Gasteiger charge is -2.02. The predicted molar refractivity (Wildman–Crippen MR) is 64.5 cm³/mol. The van der Waals surface area contributed by atoms with Crippen molar-refractivity contribution < 1.29 is 0 Å². The van der Waals surface area contributed by atoms with Gasteiger partial charge in [-0.2, -0.15) is 0 Å². The molecule has 1 aromatic heterocycles. The van der Waals surface area contributed by atoms with Gasteiger partial charge in [0.2, 0.25) is 0 Å². The van der Waals surface area contributed by atoms with Gasteiger partial charge in [-0.25, -0.2) is 0 Å². The second kappa shape index (κ2) is 3.55. The van der Waals surface area contributed by atoms with Crippen LogP contribution in [0.3, 0.4) is 0 Å². The largest absolute Gasteiger partial charge is 0.357 e. The zero-order valence-corrected chi connectivity index (χ0v) is 9.25. The van der Waals surface area contributed by atoms with Crippen LogP contribution in [0.5, 0.6) is 0 Å². The fourth-order valence-corrected chi connectivity index (χ4v) is 4.53. The second-order valence-corrected chi connectivity index (χ2v) is 6.09. The van der Waals surface area contributed by atoms with Gasteiger partial charge in [0.15, 0.2) is 0 Å². The summed E-state index contributed by atoms with van der Waals surface area (Å²) in [5, 5.41) is 1.83. The Bertz CT molecular complexity index is 410. The number of rotatable bonds is 1. The summed E-state index contributed by atoms with van der Waals surface area (Å²) in [7, 11) is 3.93. The Kier molecular flexibility index (Phi) is 2.22. The first-order chi connectivity index (χ1) is 6.93. The average Bonchev–Trinajstić information content (AvgIpc) is 2.86. The Morgan fingerprint density at radius 1 is 1.36 bits per heavy atom. The van der Waals surface area contributed by atoms with E-state index in [2.05, 4.69) is 35.3 Å². The van der Waals surface area contributed by atoms with Crippen molar-refractivity contribution in [3.63, 3.8) is 0 Å². The molecular weight excluding hydrogens is 210 g/mol. The summed E-state index contributed by atoms with van der Waals surface area (Å²) >= 11 is 0. The third kappa shape index (κ3) is 1.44. The third-order valence-corrected chi connectivity index (χ3v) is 5.28. The number of H-pyrrole nitrogens is 1. The molecule has 1 unspecified atom stereocenters. The highest BCUT2D eigenvalue weighted by molar-refractivity contribution is 8.77. The van der Waals surface area contributed by atoms with Gasteiger partial charge in [-0.1, -0.05) is 39.8 Å². The Morgan fingerprint density at radius 3 is 3.07 bits per heavy atom. The van der Waals surface area contributed by atoms with Crippen molar-refractivity contribution in [1.29, 1.82) is 0 Å². The molecule has 3 heteroatoms. The van der Waals surface area contributed by atoms with Crippen LogP contribution < -0.4 is 0 Å². The fourth-order valence-electron chi connectivity index (χ4n) is 1.71. The topological polar surface area (TPSA) is 15.8 Å². The number of aromatic nitrogens is 1. The van der Waals surface area contributed by atoms with Crippen molar-refractivity contribution in [3.05, 3.63) is 36.0 Å². The molecule has 1 N–H and O–H groups in total. The van der Waals surface area contributed by atoms with Gasteiger partial charge < -0.3 is 4.98 Å². The van der Waals surface area contributed by atoms with E-state index in [-0.39, 0.29) is 0 Å². The van der Waals surface area contributed by atoms with Crippen LogP contribution in [0.25, 0.3) is 10.9 Å². The molecule has 3 rings (SSSR count). The maximum atomic E-state index is 3.45. The number of hydrogen-bond donors (Lipinski definition) is 1. The Morgan fingerprint density at radius 2 is 2.29 bits per heavy atom. The molecule has 0 aliphatic carbocycles. The van der Waals surface area contributed by atoms with Gasteiger partial charge in [0, 0.05) is 28.4 Å². The van der Waals surface area contributed by atoms with E-state index in [1.807, 2.05) is 21.6 Å². The summed E-state index contributed by atoms with van der Waals surface area (Å²) < 4.78 is 0. The molecule has 1 radical (unpaired) electrons. The molecule has 1 atom stereocenters. The van der Waals surface area contributed by atoms with Crippen LogP contribution in [-0.4, -0.2) is 10.7 Å². The van der Waals surface area contributed by atoms with Gasteiger partial charge in [-0.05, 0) is 12.5 Å². The molecule has 0 saturated carbocycles. The van der Waals surface area contributed by atoms with E-state index >= 15 is 0 Å². The summed E-state index contributed by atoms with van der Waals surface area (Å²) in [6.07, 6.45) is 1.26. The van der Waals surface area contributed by atoms with Crippen molar-refractivity contribution in [2.75, 3.05) is 5.75 Å². The molecule has 1 saturated heterocycles. The molecule has 1 nitrogen and oxygen atoms in total. The van der Waals surface area contributed by atoms with Crippen LogP contribution in [0.2, 0.25) is 0 Å². The minimum Gasteiger partial charge on any atom is -0.357 e. The molecule has 2 aromatic rings. The SMILES string of the molecule is [c]1c(C2CCSS2)[nH]c2ccccc12. The molecular formula is C11H10NS2. The summed E-state index contributed by atoms with van der Waals surface area (Å²) in [6, 6.07) is 11.8. The van der Waals surface area contributed by atoms with Gasteiger partial charge >= 0.3 is 0 Å². The highest BCUT2D eigenvalue weighted by atomic mass is 33.1. The van der Waals surface area contributed by atoms with Gasteiger partial charge in [0.05, 0.1) is 5.25 Å². The molecule has 1 fully saturated rings. The van der Waals surface area contributed by atoms with Crippen molar-refractivity contribution in [3.8, 4) is 0 Å². The van der Waals surface area contributed by atoms with Crippen LogP contribution in [0, 0.1) is 6.07 Å². The Hall–Kier alpha value is -0.540. The van der Waals surface area contributed by atoms with Crippen molar-refractivity contribution in [2.24, 2.45) is 0 Å². The van der Waals surface area contributed by atoms with Crippen molar-refractivity contribution in [1.82, 2.24) is 4.98 Å². The molecule has 1 aromatic carbocycles. The average molecular weight is 220 g/mol. The molecule has 71 valence electrons. The summed E-state index contributed by atoms with van der Waals surface area (Å²) in [6.45, 7) is 0. The first-order valence-corrected chi connectivity index (χ1v) is 7.10. The third-order valence-electron chi connectivity index (χ3n) is 2.44. The minimum atomic E-state index is 0.618. The van der Waals surface area contributed by atoms with E-state index < -0.39 is 0 Å². The smallest absolute Gasteiger partial charge is 0.0566 e. The van der Waals surface area contributed by atoms with Crippen LogP contribution >= 0.6 is 21.6 Å². The maximum Gasteiger partial charge on any atom is 0.0566 e. The quantitative estimate of drug-likeness (QED) is 0.736. The van der Waals surface area contributed by atoms with Crippen molar-refractivity contribution >= 4 is 32.5 Å². The van der Waals surface area contributed by atoms with E-state index in [1.54, 1.807) is 0 Å². The minimum absolute atomic E-state index is 0.618. The number of benzene rings is 1. The molecule has 0 bridgehead atoms. The van der Waals surface area contributed by atoms with Gasteiger partial charge in [-0.15, -0.1) is 0 Å². The zero-order valence-electron chi connectivity index (χ0n) is 7.62. The first-order valence-electron chi connectivity index (χ1n) is 4.72. The zero-order chi connectivity index (χ0) is 9.38. The van der Waals surface area contributed by atoms with E-state index in [0.717, 1.165) is 0 Å². The highest BCUT2D eigenvalue weighted by Crippen LogP contribution is 2.47. The van der Waals surface area contributed by atoms with Crippen LogP contribution in [0.1, 0.15) is 17.4 Å². The number of aromatic amines is 1. The molecule has 14 heavy (non-hydrogen) atoms. The molecule has 0 amide bonds. The highest BCUT2D eigenvalue weighted by Gasteiger charge is 2.20. The lowest BCUT2D eigenvalue weighted by atomic mass is 10.2. The van der Waals surface area contributed by atoms with Crippen molar-refractivity contribution in [2.45, 2.75) is 11.7 Å². The lowest BCUT2D eigenvalue weighted by Crippen LogP contribution is -1.88. The molecule has 0 spiro atoms. The maximum absolute atomic E-state index is 3.45. The van der Waals surface area contributed by atoms with E-state index in [1.165, 1.54) is 28.8 Å².